The molecule has 2 aliphatic rings. The lowest BCUT2D eigenvalue weighted by atomic mass is 9.97. The summed E-state index contributed by atoms with van der Waals surface area (Å²) >= 11 is 0. The summed E-state index contributed by atoms with van der Waals surface area (Å²) in [4.78, 5) is 12.6. The molecule has 6 heteroatoms. The van der Waals surface area contributed by atoms with Crippen molar-refractivity contribution in [3.05, 3.63) is 53.1 Å². The highest BCUT2D eigenvalue weighted by atomic mass is 16.5. The summed E-state index contributed by atoms with van der Waals surface area (Å²) in [7, 11) is 4.73. The largest absolute Gasteiger partial charge is 0.493 e. The van der Waals surface area contributed by atoms with Crippen LogP contribution < -0.4 is 14.2 Å². The molecule has 6 nitrogen and oxygen atoms in total. The van der Waals surface area contributed by atoms with Crippen molar-refractivity contribution < 1.29 is 19.0 Å². The Bertz CT molecular complexity index is 866. The van der Waals surface area contributed by atoms with Crippen LogP contribution in [0.15, 0.2) is 41.5 Å². The maximum atomic E-state index is 12.6. The minimum absolute atomic E-state index is 0.0437. The minimum atomic E-state index is -0.0527. The molecule has 0 aromatic heterocycles. The average Bonchev–Trinajstić information content (AvgIpc) is 3.20. The number of nitrogens with zero attached hydrogens (tertiary/aromatic N) is 2. The van der Waals surface area contributed by atoms with E-state index < -0.39 is 0 Å². The zero-order chi connectivity index (χ0) is 17.6. The normalized spacial score (nSPS) is 17.9. The number of hydrazone groups is 1. The fraction of sp³-hybridized carbons (Fsp3) is 0.263. The molecular formula is C19H18N2O4. The van der Waals surface area contributed by atoms with Crippen LogP contribution in [0.5, 0.6) is 17.2 Å². The predicted octanol–water partition coefficient (Wildman–Crippen LogP) is 3.02. The molecule has 0 spiro atoms. The number of fused-ring (bicyclic) bond motifs is 3. The van der Waals surface area contributed by atoms with Gasteiger partial charge in [-0.1, -0.05) is 18.2 Å². The van der Waals surface area contributed by atoms with E-state index in [2.05, 4.69) is 5.10 Å². The van der Waals surface area contributed by atoms with Crippen molar-refractivity contribution >= 4 is 11.6 Å². The molecule has 128 valence electrons. The first-order valence-electron chi connectivity index (χ1n) is 7.98. The first-order valence-corrected chi connectivity index (χ1v) is 7.98. The van der Waals surface area contributed by atoms with Crippen LogP contribution in [-0.4, -0.2) is 38.0 Å². The van der Waals surface area contributed by atoms with Crippen LogP contribution >= 0.6 is 0 Å². The van der Waals surface area contributed by atoms with E-state index >= 15 is 0 Å². The number of carbonyl (C=O) groups is 1. The fourth-order valence-corrected chi connectivity index (χ4v) is 3.47. The van der Waals surface area contributed by atoms with Crippen LogP contribution in [0.2, 0.25) is 0 Å². The first kappa shape index (κ1) is 15.5. The molecule has 0 aliphatic carbocycles. The van der Waals surface area contributed by atoms with Gasteiger partial charge in [-0.3, -0.25) is 4.79 Å². The summed E-state index contributed by atoms with van der Waals surface area (Å²) in [6.45, 7) is 0. The van der Waals surface area contributed by atoms with E-state index in [1.807, 2.05) is 36.4 Å². The van der Waals surface area contributed by atoms with Crippen LogP contribution in [-0.2, 0) is 0 Å². The smallest absolute Gasteiger partial charge is 0.274 e. The van der Waals surface area contributed by atoms with E-state index in [0.29, 0.717) is 23.7 Å². The van der Waals surface area contributed by atoms with Gasteiger partial charge in [0, 0.05) is 17.5 Å². The molecule has 25 heavy (non-hydrogen) atoms. The van der Waals surface area contributed by atoms with Gasteiger partial charge >= 0.3 is 0 Å². The van der Waals surface area contributed by atoms with E-state index in [1.54, 1.807) is 26.3 Å². The van der Waals surface area contributed by atoms with E-state index in [-0.39, 0.29) is 11.9 Å². The van der Waals surface area contributed by atoms with Crippen LogP contribution in [0, 0.1) is 0 Å². The maximum absolute atomic E-state index is 12.6. The molecule has 0 unspecified atom stereocenters. The van der Waals surface area contributed by atoms with Crippen LogP contribution in [0.25, 0.3) is 0 Å². The van der Waals surface area contributed by atoms with E-state index in [1.165, 1.54) is 0 Å². The lowest BCUT2D eigenvalue weighted by Gasteiger charge is -2.14. The number of amides is 1. The van der Waals surface area contributed by atoms with Gasteiger partial charge in [0.2, 0.25) is 5.75 Å². The van der Waals surface area contributed by atoms with Gasteiger partial charge in [0.05, 0.1) is 33.1 Å². The van der Waals surface area contributed by atoms with Gasteiger partial charge in [-0.15, -0.1) is 0 Å². The molecule has 0 N–H and O–H groups in total. The number of hydrogen-bond donors (Lipinski definition) is 0. The number of hydrogen-bond acceptors (Lipinski definition) is 5. The third-order valence-corrected chi connectivity index (χ3v) is 4.67. The number of carbonyl (C=O) groups excluding carboxylic acids is 1. The average molecular weight is 338 g/mol. The monoisotopic (exact) mass is 338 g/mol. The summed E-state index contributed by atoms with van der Waals surface area (Å²) in [6.07, 6.45) is 0.654. The number of benzene rings is 2. The van der Waals surface area contributed by atoms with Crippen LogP contribution in [0.3, 0.4) is 0 Å². The molecule has 0 radical (unpaired) electrons. The highest BCUT2D eigenvalue weighted by molar-refractivity contribution is 6.08. The minimum Gasteiger partial charge on any atom is -0.493 e. The van der Waals surface area contributed by atoms with E-state index in [0.717, 1.165) is 22.4 Å². The third-order valence-electron chi connectivity index (χ3n) is 4.67. The summed E-state index contributed by atoms with van der Waals surface area (Å²) in [5.74, 6) is 1.62. The Kier molecular flexibility index (Phi) is 3.60. The van der Waals surface area contributed by atoms with Gasteiger partial charge < -0.3 is 14.2 Å². The second-order valence-corrected chi connectivity index (χ2v) is 5.92. The van der Waals surface area contributed by atoms with Crippen molar-refractivity contribution in [3.8, 4) is 17.2 Å². The first-order chi connectivity index (χ1) is 12.2. The molecule has 1 atom stereocenters. The Labute approximate surface area is 145 Å². The van der Waals surface area contributed by atoms with Gasteiger partial charge in [0.1, 0.15) is 0 Å². The van der Waals surface area contributed by atoms with Crippen molar-refractivity contribution in [1.82, 2.24) is 5.01 Å². The molecule has 0 bridgehead atoms. The van der Waals surface area contributed by atoms with E-state index in [9.17, 15) is 4.79 Å². The molecule has 2 aliphatic heterocycles. The number of ether oxygens (including phenoxy) is 3. The van der Waals surface area contributed by atoms with Gasteiger partial charge in [-0.25, -0.2) is 5.01 Å². The predicted molar refractivity (Wildman–Crippen MR) is 92.6 cm³/mol. The molecule has 0 saturated heterocycles. The summed E-state index contributed by atoms with van der Waals surface area (Å²) < 4.78 is 16.2. The van der Waals surface area contributed by atoms with Crippen molar-refractivity contribution in [2.45, 2.75) is 12.5 Å². The summed E-state index contributed by atoms with van der Waals surface area (Å²) in [5.41, 5.74) is 3.44. The SMILES string of the molecule is COc1cc(C2=NN3C(=O)c4ccccc4[C@H]3C2)cc(OC)c1OC. The van der Waals surface area contributed by atoms with Crippen LogP contribution in [0.1, 0.15) is 33.9 Å². The fourth-order valence-electron chi connectivity index (χ4n) is 3.47. The van der Waals surface area contributed by atoms with Crippen molar-refractivity contribution in [2.24, 2.45) is 5.10 Å². The Hall–Kier alpha value is -3.02. The second-order valence-electron chi connectivity index (χ2n) is 5.92. The van der Waals surface area contributed by atoms with Crippen LogP contribution in [0.4, 0.5) is 0 Å². The Morgan fingerprint density at radius 1 is 1.04 bits per heavy atom. The molecule has 2 aromatic rings. The molecule has 0 fully saturated rings. The van der Waals surface area contributed by atoms with E-state index in [4.69, 9.17) is 14.2 Å². The molecule has 4 rings (SSSR count). The highest BCUT2D eigenvalue weighted by Gasteiger charge is 2.41. The second kappa shape index (κ2) is 5.81. The lowest BCUT2D eigenvalue weighted by Crippen LogP contribution is -2.17. The topological polar surface area (TPSA) is 60.4 Å². The standard InChI is InChI=1S/C19H18N2O4/c1-23-16-8-11(9-17(24-2)18(16)25-3)14-10-15-12-6-4-5-7-13(12)19(22)21(15)20-14/h4-9,15H,10H2,1-3H3/t15-/m1/s1. The summed E-state index contributed by atoms with van der Waals surface area (Å²) in [5, 5.41) is 6.14. The molecule has 2 heterocycles. The molecular weight excluding hydrogens is 320 g/mol. The van der Waals surface area contributed by atoms with Crippen molar-refractivity contribution in [1.29, 1.82) is 0 Å². The maximum Gasteiger partial charge on any atom is 0.274 e. The van der Waals surface area contributed by atoms with Gasteiger partial charge in [0.15, 0.2) is 11.5 Å². The number of methoxy groups -OCH3 is 3. The van der Waals surface area contributed by atoms with Gasteiger partial charge in [-0.05, 0) is 23.8 Å². The van der Waals surface area contributed by atoms with Gasteiger partial charge in [-0.2, -0.15) is 5.10 Å². The summed E-state index contributed by atoms with van der Waals surface area (Å²) in [6, 6.07) is 11.3. The third kappa shape index (κ3) is 2.25. The number of rotatable bonds is 4. The zero-order valence-corrected chi connectivity index (χ0v) is 14.3. The van der Waals surface area contributed by atoms with Crippen molar-refractivity contribution in [2.75, 3.05) is 21.3 Å². The molecule has 0 saturated carbocycles. The van der Waals surface area contributed by atoms with Crippen molar-refractivity contribution in [3.63, 3.8) is 0 Å². The highest BCUT2D eigenvalue weighted by Crippen LogP contribution is 2.43. The Balaban J connectivity index is 1.74. The van der Waals surface area contributed by atoms with Gasteiger partial charge in [0.25, 0.3) is 5.91 Å². The lowest BCUT2D eigenvalue weighted by molar-refractivity contribution is 0.0756. The Morgan fingerprint density at radius 3 is 2.36 bits per heavy atom. The molecule has 2 aromatic carbocycles. The Morgan fingerprint density at radius 2 is 1.72 bits per heavy atom. The molecule has 1 amide bonds. The zero-order valence-electron chi connectivity index (χ0n) is 14.3. The quantitative estimate of drug-likeness (QED) is 0.860.